The van der Waals surface area contributed by atoms with Crippen molar-refractivity contribution >= 4 is 29.2 Å². The molecule has 2 aliphatic rings. The second kappa shape index (κ2) is 8.31. The Labute approximate surface area is 160 Å². The van der Waals surface area contributed by atoms with Crippen LogP contribution in [0, 0.1) is 5.92 Å². The largest absolute Gasteiger partial charge is 0.497 e. The number of carbonyl (C=O) groups excluding carboxylic acids is 1. The van der Waals surface area contributed by atoms with Crippen molar-refractivity contribution in [1.82, 2.24) is 15.2 Å². The predicted molar refractivity (Wildman–Crippen MR) is 106 cm³/mol. The molecule has 5 nitrogen and oxygen atoms in total. The molecule has 0 bridgehead atoms. The molecule has 26 heavy (non-hydrogen) atoms. The summed E-state index contributed by atoms with van der Waals surface area (Å²) in [6.07, 6.45) is 6.20. The van der Waals surface area contributed by atoms with Crippen LogP contribution in [-0.2, 0) is 4.79 Å². The maximum atomic E-state index is 12.7. The van der Waals surface area contributed by atoms with E-state index in [1.807, 2.05) is 6.07 Å². The Balaban J connectivity index is 0.00000196. The van der Waals surface area contributed by atoms with E-state index in [4.69, 9.17) is 4.74 Å². The van der Waals surface area contributed by atoms with Crippen LogP contribution in [0.4, 0.5) is 0 Å². The summed E-state index contributed by atoms with van der Waals surface area (Å²) in [6.45, 7) is 3.71. The normalized spacial score (nSPS) is 19.3. The minimum Gasteiger partial charge on any atom is -0.497 e. The first kappa shape index (κ1) is 19.1. The fourth-order valence-electron chi connectivity index (χ4n) is 4.32. The van der Waals surface area contributed by atoms with Crippen molar-refractivity contribution in [2.45, 2.75) is 31.6 Å². The van der Waals surface area contributed by atoms with E-state index in [1.165, 1.54) is 10.9 Å². The first-order valence-corrected chi connectivity index (χ1v) is 9.41. The number of benzene rings is 1. The van der Waals surface area contributed by atoms with Crippen molar-refractivity contribution < 1.29 is 9.53 Å². The maximum Gasteiger partial charge on any atom is 0.225 e. The number of methoxy groups -OCH3 is 1. The number of halogens is 1. The number of hydrogen-bond acceptors (Lipinski definition) is 3. The van der Waals surface area contributed by atoms with Crippen LogP contribution in [-0.4, -0.2) is 49.1 Å². The molecule has 6 heteroatoms. The van der Waals surface area contributed by atoms with Gasteiger partial charge in [0.25, 0.3) is 0 Å². The van der Waals surface area contributed by atoms with Crippen LogP contribution >= 0.6 is 12.4 Å². The summed E-state index contributed by atoms with van der Waals surface area (Å²) in [5.74, 6) is 2.01. The number of carbonyl (C=O) groups is 1. The van der Waals surface area contributed by atoms with Crippen LogP contribution < -0.4 is 10.1 Å². The molecule has 4 rings (SSSR count). The molecule has 1 aromatic heterocycles. The van der Waals surface area contributed by atoms with Gasteiger partial charge in [-0.15, -0.1) is 12.4 Å². The Morgan fingerprint density at radius 1 is 1.15 bits per heavy atom. The summed E-state index contributed by atoms with van der Waals surface area (Å²) in [5, 5.41) is 4.59. The summed E-state index contributed by atoms with van der Waals surface area (Å²) >= 11 is 0. The molecular formula is C20H28ClN3O2. The Kier molecular flexibility index (Phi) is 6.09. The fraction of sp³-hybridized carbons (Fsp3) is 0.550. The number of ether oxygens (including phenoxy) is 1. The summed E-state index contributed by atoms with van der Waals surface area (Å²) in [6, 6.07) is 6.18. The number of rotatable bonds is 3. The smallest absolute Gasteiger partial charge is 0.225 e. The van der Waals surface area contributed by atoms with Gasteiger partial charge in [-0.25, -0.2) is 0 Å². The Hall–Kier alpha value is -1.72. The highest BCUT2D eigenvalue weighted by molar-refractivity contribution is 5.86. The summed E-state index contributed by atoms with van der Waals surface area (Å²) in [4.78, 5) is 18.2. The number of likely N-dealkylation sites (tertiary alicyclic amines) is 1. The van der Waals surface area contributed by atoms with E-state index in [0.717, 1.165) is 63.1 Å². The van der Waals surface area contributed by atoms with Gasteiger partial charge in [-0.05, 0) is 68.5 Å². The van der Waals surface area contributed by atoms with Gasteiger partial charge >= 0.3 is 0 Å². The molecule has 0 aliphatic carbocycles. The molecule has 0 unspecified atom stereocenters. The predicted octanol–water partition coefficient (Wildman–Crippen LogP) is 3.30. The van der Waals surface area contributed by atoms with Crippen molar-refractivity contribution in [3.05, 3.63) is 30.0 Å². The molecule has 2 aromatic rings. The van der Waals surface area contributed by atoms with Gasteiger partial charge in [0, 0.05) is 36.1 Å². The van der Waals surface area contributed by atoms with Gasteiger partial charge in [0.2, 0.25) is 5.91 Å². The Morgan fingerprint density at radius 3 is 2.58 bits per heavy atom. The molecule has 1 amide bonds. The van der Waals surface area contributed by atoms with E-state index in [-0.39, 0.29) is 18.3 Å². The molecule has 0 spiro atoms. The van der Waals surface area contributed by atoms with Gasteiger partial charge in [-0.1, -0.05) is 0 Å². The molecule has 0 radical (unpaired) electrons. The number of nitrogens with one attached hydrogen (secondary N) is 2. The van der Waals surface area contributed by atoms with Crippen LogP contribution in [0.5, 0.6) is 5.75 Å². The summed E-state index contributed by atoms with van der Waals surface area (Å²) < 4.78 is 5.38. The van der Waals surface area contributed by atoms with Gasteiger partial charge in [-0.3, -0.25) is 4.79 Å². The second-order valence-corrected chi connectivity index (χ2v) is 7.28. The van der Waals surface area contributed by atoms with E-state index >= 15 is 0 Å². The average molecular weight is 378 g/mol. The molecule has 1 aromatic carbocycles. The molecule has 2 N–H and O–H groups in total. The quantitative estimate of drug-likeness (QED) is 0.862. The van der Waals surface area contributed by atoms with Gasteiger partial charge < -0.3 is 19.9 Å². The molecule has 2 saturated heterocycles. The van der Waals surface area contributed by atoms with Crippen LogP contribution in [0.2, 0.25) is 0 Å². The number of aromatic nitrogens is 1. The fourth-order valence-corrected chi connectivity index (χ4v) is 4.32. The van der Waals surface area contributed by atoms with Crippen molar-refractivity contribution in [2.75, 3.05) is 33.3 Å². The third-order valence-corrected chi connectivity index (χ3v) is 5.86. The van der Waals surface area contributed by atoms with Crippen LogP contribution in [0.15, 0.2) is 24.4 Å². The first-order chi connectivity index (χ1) is 12.3. The lowest BCUT2D eigenvalue weighted by molar-refractivity contribution is -0.137. The Bertz CT molecular complexity index is 747. The van der Waals surface area contributed by atoms with Gasteiger partial charge in [0.1, 0.15) is 5.75 Å². The van der Waals surface area contributed by atoms with Gasteiger partial charge in [0.15, 0.2) is 0 Å². The number of amides is 1. The van der Waals surface area contributed by atoms with E-state index in [9.17, 15) is 4.79 Å². The molecule has 2 aliphatic heterocycles. The zero-order chi connectivity index (χ0) is 17.2. The number of nitrogens with zero attached hydrogens (tertiary/aromatic N) is 1. The molecular weight excluding hydrogens is 350 g/mol. The highest BCUT2D eigenvalue weighted by atomic mass is 35.5. The minimum atomic E-state index is 0. The van der Waals surface area contributed by atoms with Gasteiger partial charge in [-0.2, -0.15) is 0 Å². The van der Waals surface area contributed by atoms with Crippen molar-refractivity contribution in [3.8, 4) is 5.75 Å². The lowest BCUT2D eigenvalue weighted by Gasteiger charge is -2.35. The zero-order valence-electron chi connectivity index (χ0n) is 15.3. The molecule has 142 valence electrons. The van der Waals surface area contributed by atoms with Gasteiger partial charge in [0.05, 0.1) is 7.11 Å². The number of fused-ring (bicyclic) bond motifs is 1. The van der Waals surface area contributed by atoms with Crippen LogP contribution in [0.25, 0.3) is 10.9 Å². The van der Waals surface area contributed by atoms with Crippen LogP contribution in [0.1, 0.15) is 37.2 Å². The Morgan fingerprint density at radius 2 is 1.88 bits per heavy atom. The molecule has 2 fully saturated rings. The lowest BCUT2D eigenvalue weighted by Crippen LogP contribution is -2.44. The van der Waals surface area contributed by atoms with Crippen molar-refractivity contribution in [2.24, 2.45) is 5.92 Å². The average Bonchev–Trinajstić information content (AvgIpc) is 3.11. The number of piperidine rings is 2. The summed E-state index contributed by atoms with van der Waals surface area (Å²) in [7, 11) is 1.71. The summed E-state index contributed by atoms with van der Waals surface area (Å²) in [5.41, 5.74) is 2.52. The number of H-pyrrole nitrogens is 1. The van der Waals surface area contributed by atoms with Crippen LogP contribution in [0.3, 0.4) is 0 Å². The third-order valence-electron chi connectivity index (χ3n) is 5.86. The SMILES string of the molecule is COc1ccc2[nH]cc(C3CCN(C(=O)C4CCNCC4)CC3)c2c1.Cl. The molecule has 3 heterocycles. The monoisotopic (exact) mass is 377 g/mol. The number of aromatic amines is 1. The van der Waals surface area contributed by atoms with E-state index in [1.54, 1.807) is 7.11 Å². The second-order valence-electron chi connectivity index (χ2n) is 7.28. The van der Waals surface area contributed by atoms with E-state index < -0.39 is 0 Å². The standard InChI is InChI=1S/C20H27N3O2.ClH/c1-25-16-2-3-19-17(12-16)18(13-22-19)14-6-10-23(11-7-14)20(24)15-4-8-21-9-5-15;/h2-3,12-15,21-22H,4-11H2,1H3;1H. The number of hydrogen-bond donors (Lipinski definition) is 2. The lowest BCUT2D eigenvalue weighted by atomic mass is 9.88. The highest BCUT2D eigenvalue weighted by Crippen LogP contribution is 2.35. The topological polar surface area (TPSA) is 57.4 Å². The minimum absolute atomic E-state index is 0. The third kappa shape index (κ3) is 3.69. The van der Waals surface area contributed by atoms with Crippen molar-refractivity contribution in [3.63, 3.8) is 0 Å². The van der Waals surface area contributed by atoms with Crippen molar-refractivity contribution in [1.29, 1.82) is 0 Å². The molecule has 0 atom stereocenters. The van der Waals surface area contributed by atoms with E-state index in [0.29, 0.717) is 11.8 Å². The molecule has 0 saturated carbocycles. The first-order valence-electron chi connectivity index (χ1n) is 9.41. The highest BCUT2D eigenvalue weighted by Gasteiger charge is 2.30. The van der Waals surface area contributed by atoms with E-state index in [2.05, 4.69) is 33.5 Å². The maximum absolute atomic E-state index is 12.7. The zero-order valence-corrected chi connectivity index (χ0v) is 16.1.